The Morgan fingerprint density at radius 2 is 1.93 bits per heavy atom. The summed E-state index contributed by atoms with van der Waals surface area (Å²) in [5, 5.41) is 0.747. The van der Waals surface area contributed by atoms with Gasteiger partial charge in [0.1, 0.15) is 5.82 Å². The number of fused-ring (bicyclic) bond motifs is 1. The molecule has 0 aliphatic carbocycles. The first-order valence-electron chi connectivity index (χ1n) is 10.7. The van der Waals surface area contributed by atoms with Crippen LogP contribution in [0.2, 0.25) is 0 Å². The van der Waals surface area contributed by atoms with Crippen molar-refractivity contribution in [3.8, 4) is 22.4 Å². The summed E-state index contributed by atoms with van der Waals surface area (Å²) in [6.45, 7) is 4.57. The van der Waals surface area contributed by atoms with Gasteiger partial charge in [-0.3, -0.25) is 9.88 Å². The summed E-state index contributed by atoms with van der Waals surface area (Å²) >= 11 is 2.09. The Hall–Kier alpha value is -2.37. The molecule has 2 aromatic heterocycles. The van der Waals surface area contributed by atoms with E-state index in [0.29, 0.717) is 6.04 Å². The SMILES string of the molecule is CCSC1C[C@H]2C=C(c3c[nH]c(-c4ccc(F)cc4)c3-c3ccncc3)CCN2C1. The van der Waals surface area contributed by atoms with E-state index in [1.54, 1.807) is 0 Å². The Bertz CT molecular complexity index is 1040. The van der Waals surface area contributed by atoms with E-state index in [0.717, 1.165) is 35.0 Å². The molecule has 2 atom stereocenters. The Kier molecular flexibility index (Phi) is 5.48. The molecule has 0 bridgehead atoms. The largest absolute Gasteiger partial charge is 0.360 e. The molecule has 1 unspecified atom stereocenters. The maximum atomic E-state index is 13.5. The van der Waals surface area contributed by atoms with Gasteiger partial charge in [-0.25, -0.2) is 4.39 Å². The first kappa shape index (κ1) is 19.6. The molecule has 0 amide bonds. The molecule has 2 aliphatic heterocycles. The number of H-pyrrole nitrogens is 1. The number of thioether (sulfide) groups is 1. The van der Waals surface area contributed by atoms with Crippen molar-refractivity contribution in [2.75, 3.05) is 18.8 Å². The number of nitrogens with zero attached hydrogens (tertiary/aromatic N) is 2. The highest BCUT2D eigenvalue weighted by Gasteiger charge is 2.34. The third-order valence-electron chi connectivity index (χ3n) is 6.20. The molecule has 30 heavy (non-hydrogen) atoms. The Labute approximate surface area is 181 Å². The van der Waals surface area contributed by atoms with Crippen LogP contribution in [0.4, 0.5) is 4.39 Å². The lowest BCUT2D eigenvalue weighted by atomic mass is 9.90. The van der Waals surface area contributed by atoms with E-state index in [1.165, 1.54) is 47.6 Å². The molecule has 3 aromatic rings. The number of hydrogen-bond acceptors (Lipinski definition) is 3. The quantitative estimate of drug-likeness (QED) is 0.562. The summed E-state index contributed by atoms with van der Waals surface area (Å²) in [7, 11) is 0. The highest BCUT2D eigenvalue weighted by atomic mass is 32.2. The predicted octanol–water partition coefficient (Wildman–Crippen LogP) is 5.87. The molecule has 1 fully saturated rings. The molecule has 0 spiro atoms. The van der Waals surface area contributed by atoms with E-state index in [-0.39, 0.29) is 5.82 Å². The third-order valence-corrected chi connectivity index (χ3v) is 7.35. The van der Waals surface area contributed by atoms with Crippen molar-refractivity contribution in [1.29, 1.82) is 0 Å². The third kappa shape index (κ3) is 3.72. The topological polar surface area (TPSA) is 31.9 Å². The van der Waals surface area contributed by atoms with Crippen molar-refractivity contribution in [2.24, 2.45) is 0 Å². The van der Waals surface area contributed by atoms with Crippen molar-refractivity contribution in [3.63, 3.8) is 0 Å². The zero-order chi connectivity index (χ0) is 20.5. The number of benzene rings is 1. The zero-order valence-electron chi connectivity index (χ0n) is 17.1. The van der Waals surface area contributed by atoms with E-state index in [9.17, 15) is 4.39 Å². The first-order chi connectivity index (χ1) is 14.7. The minimum atomic E-state index is -0.216. The van der Waals surface area contributed by atoms with Crippen LogP contribution in [0.1, 0.15) is 25.3 Å². The fourth-order valence-corrected chi connectivity index (χ4v) is 5.92. The summed E-state index contributed by atoms with van der Waals surface area (Å²) in [5.41, 5.74) is 7.01. The van der Waals surface area contributed by atoms with Crippen molar-refractivity contribution >= 4 is 17.3 Å². The predicted molar refractivity (Wildman–Crippen MR) is 124 cm³/mol. The normalized spacial score (nSPS) is 21.5. The van der Waals surface area contributed by atoms with Gasteiger partial charge in [0.05, 0.1) is 5.69 Å². The van der Waals surface area contributed by atoms with Gasteiger partial charge in [-0.15, -0.1) is 0 Å². The summed E-state index contributed by atoms with van der Waals surface area (Å²) in [6, 6.07) is 11.4. The molecule has 3 nitrogen and oxygen atoms in total. The van der Waals surface area contributed by atoms with Crippen LogP contribution in [0, 0.1) is 5.82 Å². The van der Waals surface area contributed by atoms with E-state index in [1.807, 2.05) is 24.5 Å². The second kappa shape index (κ2) is 8.40. The van der Waals surface area contributed by atoms with Crippen LogP contribution in [0.25, 0.3) is 28.0 Å². The maximum Gasteiger partial charge on any atom is 0.123 e. The average molecular weight is 420 g/mol. The van der Waals surface area contributed by atoms with Crippen molar-refractivity contribution < 1.29 is 4.39 Å². The summed E-state index contributed by atoms with van der Waals surface area (Å²) in [4.78, 5) is 10.3. The van der Waals surface area contributed by atoms with Crippen molar-refractivity contribution in [1.82, 2.24) is 14.9 Å². The molecule has 1 saturated heterocycles. The molecule has 5 heteroatoms. The zero-order valence-corrected chi connectivity index (χ0v) is 18.0. The van der Waals surface area contributed by atoms with Crippen LogP contribution in [-0.4, -0.2) is 45.0 Å². The number of nitrogens with one attached hydrogen (secondary N) is 1. The molecule has 0 saturated carbocycles. The number of halogens is 1. The van der Waals surface area contributed by atoms with E-state index < -0.39 is 0 Å². The number of rotatable bonds is 5. The second-order valence-corrected chi connectivity index (χ2v) is 9.59. The highest BCUT2D eigenvalue weighted by Crippen LogP contribution is 2.41. The van der Waals surface area contributed by atoms with Gasteiger partial charge >= 0.3 is 0 Å². The van der Waals surface area contributed by atoms with Crippen molar-refractivity contribution in [2.45, 2.75) is 31.1 Å². The van der Waals surface area contributed by atoms with Crippen LogP contribution in [0.5, 0.6) is 0 Å². The molecule has 2 aliphatic rings. The number of aromatic nitrogens is 2. The van der Waals surface area contributed by atoms with Crippen LogP contribution < -0.4 is 0 Å². The van der Waals surface area contributed by atoms with E-state index in [2.05, 4.69) is 58.0 Å². The number of pyridine rings is 1. The number of hydrogen-bond donors (Lipinski definition) is 1. The van der Waals surface area contributed by atoms with Crippen LogP contribution in [0.3, 0.4) is 0 Å². The van der Waals surface area contributed by atoms with Gasteiger partial charge in [0.25, 0.3) is 0 Å². The first-order valence-corrected chi connectivity index (χ1v) is 11.7. The lowest BCUT2D eigenvalue weighted by Gasteiger charge is -2.28. The molecular formula is C25H26FN3S. The van der Waals surface area contributed by atoms with Gasteiger partial charge in [-0.1, -0.05) is 13.0 Å². The summed E-state index contributed by atoms with van der Waals surface area (Å²) in [6.07, 6.45) is 10.6. The minimum absolute atomic E-state index is 0.216. The number of aromatic amines is 1. The fourth-order valence-electron chi connectivity index (χ4n) is 4.82. The standard InChI is InChI=1S/C25H26FN3S/c1-2-30-22-14-21-13-19(9-12-29(21)16-22)23-15-28-25(18-3-5-20(26)6-4-18)24(23)17-7-10-27-11-8-17/h3-8,10-11,13,15,21-22,28H,2,9,12,14,16H2,1H3/t21-,22?/m1/s1. The summed E-state index contributed by atoms with van der Waals surface area (Å²) in [5.74, 6) is 0.971. The molecule has 1 N–H and O–H groups in total. The van der Waals surface area contributed by atoms with E-state index in [4.69, 9.17) is 0 Å². The van der Waals surface area contributed by atoms with Gasteiger partial charge in [0, 0.05) is 54.1 Å². The lowest BCUT2D eigenvalue weighted by molar-refractivity contribution is 0.288. The van der Waals surface area contributed by atoms with Gasteiger partial charge in [-0.05, 0) is 71.7 Å². The monoisotopic (exact) mass is 419 g/mol. The Balaban J connectivity index is 1.56. The van der Waals surface area contributed by atoms with Gasteiger partial charge in [0.15, 0.2) is 0 Å². The average Bonchev–Trinajstić information content (AvgIpc) is 3.38. The van der Waals surface area contributed by atoms with Gasteiger partial charge < -0.3 is 4.98 Å². The van der Waals surface area contributed by atoms with Crippen molar-refractivity contribution in [3.05, 3.63) is 72.4 Å². The van der Waals surface area contributed by atoms with E-state index >= 15 is 0 Å². The minimum Gasteiger partial charge on any atom is -0.360 e. The molecule has 154 valence electrons. The van der Waals surface area contributed by atoms with Gasteiger partial charge in [0.2, 0.25) is 0 Å². The highest BCUT2D eigenvalue weighted by molar-refractivity contribution is 7.99. The molecule has 4 heterocycles. The Morgan fingerprint density at radius 1 is 1.13 bits per heavy atom. The smallest absolute Gasteiger partial charge is 0.123 e. The fraction of sp³-hybridized carbons (Fsp3) is 0.320. The van der Waals surface area contributed by atoms with Gasteiger partial charge in [-0.2, -0.15) is 11.8 Å². The van der Waals surface area contributed by atoms with Crippen LogP contribution in [-0.2, 0) is 0 Å². The molecule has 5 rings (SSSR count). The maximum absolute atomic E-state index is 13.5. The van der Waals surface area contributed by atoms with Crippen LogP contribution in [0.15, 0.2) is 61.1 Å². The molecule has 1 aromatic carbocycles. The van der Waals surface area contributed by atoms with Crippen LogP contribution >= 0.6 is 11.8 Å². The molecular weight excluding hydrogens is 393 g/mol. The Morgan fingerprint density at radius 3 is 2.70 bits per heavy atom. The lowest BCUT2D eigenvalue weighted by Crippen LogP contribution is -2.32. The summed E-state index contributed by atoms with van der Waals surface area (Å²) < 4.78 is 13.5. The second-order valence-electron chi connectivity index (χ2n) is 8.01. The molecule has 0 radical (unpaired) electrons.